The van der Waals surface area contributed by atoms with Crippen LogP contribution in [0.3, 0.4) is 0 Å². The van der Waals surface area contributed by atoms with Gasteiger partial charge in [-0.1, -0.05) is 128 Å². The Morgan fingerprint density at radius 3 is 1.75 bits per heavy atom. The van der Waals surface area contributed by atoms with Gasteiger partial charge in [0.1, 0.15) is 0 Å². The van der Waals surface area contributed by atoms with Crippen LogP contribution in [0, 0.1) is 0 Å². The number of fused-ring (bicyclic) bond motifs is 3. The monoisotopic (exact) mass is 568 g/mol. The van der Waals surface area contributed by atoms with Crippen molar-refractivity contribution in [2.24, 2.45) is 0 Å². The number of nitrogens with zero attached hydrogens (tertiary/aromatic N) is 2. The van der Waals surface area contributed by atoms with Crippen LogP contribution in [-0.2, 0) is 5.41 Å². The van der Waals surface area contributed by atoms with E-state index in [1.165, 1.54) is 65.0 Å². The van der Waals surface area contributed by atoms with E-state index in [1.807, 2.05) is 0 Å². The van der Waals surface area contributed by atoms with Crippen molar-refractivity contribution >= 4 is 38.9 Å². The van der Waals surface area contributed by atoms with Gasteiger partial charge >= 0.3 is 0 Å². The summed E-state index contributed by atoms with van der Waals surface area (Å²) in [5.41, 5.74) is 10.0. The van der Waals surface area contributed by atoms with Crippen molar-refractivity contribution in [3.05, 3.63) is 169 Å². The number of hydrogen-bond acceptors (Lipinski definition) is 1. The second-order valence-electron chi connectivity index (χ2n) is 12.1. The Balaban J connectivity index is 1.34. The van der Waals surface area contributed by atoms with Gasteiger partial charge in [0, 0.05) is 33.2 Å². The molecular weight excluding hydrogens is 532 g/mol. The first-order chi connectivity index (χ1) is 21.8. The molecule has 7 aromatic rings. The molecule has 1 heterocycles. The maximum absolute atomic E-state index is 2.43. The highest BCUT2D eigenvalue weighted by Crippen LogP contribution is 2.47. The van der Waals surface area contributed by atoms with E-state index in [0.717, 1.165) is 22.7 Å². The first-order valence-electron chi connectivity index (χ1n) is 15.9. The fraction of sp³-hybridized carbons (Fsp3) is 0.143. The van der Waals surface area contributed by atoms with E-state index in [1.54, 1.807) is 0 Å². The van der Waals surface area contributed by atoms with Crippen molar-refractivity contribution in [2.45, 2.75) is 37.5 Å². The molecule has 0 radical (unpaired) electrons. The van der Waals surface area contributed by atoms with Crippen LogP contribution in [0.4, 0.5) is 17.1 Å². The van der Waals surface area contributed by atoms with Crippen molar-refractivity contribution < 1.29 is 0 Å². The van der Waals surface area contributed by atoms with E-state index >= 15 is 0 Å². The molecule has 214 valence electrons. The Morgan fingerprint density at radius 2 is 1.02 bits per heavy atom. The van der Waals surface area contributed by atoms with E-state index in [4.69, 9.17) is 0 Å². The number of hydrogen-bond donors (Lipinski definition) is 0. The number of benzene rings is 6. The van der Waals surface area contributed by atoms with Gasteiger partial charge in [-0.2, -0.15) is 0 Å². The zero-order valence-corrected chi connectivity index (χ0v) is 24.9. The first-order valence-corrected chi connectivity index (χ1v) is 15.9. The smallest absolute Gasteiger partial charge is 0.0782 e. The van der Waals surface area contributed by atoms with Gasteiger partial charge in [0.05, 0.1) is 16.7 Å². The average molecular weight is 569 g/mol. The lowest BCUT2D eigenvalue weighted by Gasteiger charge is -2.39. The summed E-state index contributed by atoms with van der Waals surface area (Å²) in [5, 5.41) is 2.52. The molecule has 1 saturated carbocycles. The van der Waals surface area contributed by atoms with Crippen LogP contribution in [0.1, 0.15) is 43.2 Å². The van der Waals surface area contributed by atoms with Gasteiger partial charge in [-0.25, -0.2) is 0 Å². The highest BCUT2D eigenvalue weighted by Gasteiger charge is 2.35. The highest BCUT2D eigenvalue weighted by molar-refractivity contribution is 6.14. The summed E-state index contributed by atoms with van der Waals surface area (Å²) in [4.78, 5) is 2.43. The molecule has 2 heteroatoms. The maximum atomic E-state index is 2.43. The molecule has 0 N–H and O–H groups in total. The summed E-state index contributed by atoms with van der Waals surface area (Å²) in [6, 6.07) is 57.7. The van der Waals surface area contributed by atoms with Crippen LogP contribution < -0.4 is 4.90 Å². The Morgan fingerprint density at radius 1 is 0.455 bits per heavy atom. The van der Waals surface area contributed by atoms with Gasteiger partial charge < -0.3 is 9.47 Å². The van der Waals surface area contributed by atoms with Crippen molar-refractivity contribution in [2.75, 3.05) is 4.90 Å². The third-order valence-electron chi connectivity index (χ3n) is 9.65. The zero-order valence-electron chi connectivity index (χ0n) is 24.9. The third kappa shape index (κ3) is 4.41. The predicted octanol–water partition coefficient (Wildman–Crippen LogP) is 11.5. The minimum atomic E-state index is 0.0787. The fourth-order valence-corrected chi connectivity index (χ4v) is 7.62. The zero-order chi connectivity index (χ0) is 29.3. The van der Waals surface area contributed by atoms with Gasteiger partial charge in [-0.15, -0.1) is 0 Å². The van der Waals surface area contributed by atoms with Crippen molar-refractivity contribution in [3.63, 3.8) is 0 Å². The molecule has 1 aliphatic carbocycles. The topological polar surface area (TPSA) is 8.17 Å². The SMILES string of the molecule is c1ccc(N(c2ccc(C3(c4ccccc4)CCCCC3)cc2)c2cccc3c4ccccc4n(-c4ccccc4)c23)cc1. The Bertz CT molecular complexity index is 2020. The molecule has 1 aliphatic rings. The second kappa shape index (κ2) is 11.2. The van der Waals surface area contributed by atoms with Crippen molar-refractivity contribution in [3.8, 4) is 5.69 Å². The van der Waals surface area contributed by atoms with E-state index < -0.39 is 0 Å². The quantitative estimate of drug-likeness (QED) is 0.194. The molecule has 44 heavy (non-hydrogen) atoms. The van der Waals surface area contributed by atoms with Crippen LogP contribution in [0.15, 0.2) is 158 Å². The fourth-order valence-electron chi connectivity index (χ4n) is 7.62. The summed E-state index contributed by atoms with van der Waals surface area (Å²) in [5.74, 6) is 0. The minimum Gasteiger partial charge on any atom is -0.308 e. The maximum Gasteiger partial charge on any atom is 0.0782 e. The standard InChI is InChI=1S/C42H36N2/c1-5-16-32(17-6-1)42(30-13-4-14-31-42)33-26-28-36(29-27-33)43(34-18-7-2-8-19-34)40-25-15-23-38-37-22-11-12-24-39(37)44(41(38)40)35-20-9-3-10-21-35/h1-3,5-12,15-29H,4,13-14,30-31H2. The Hall–Kier alpha value is -5.08. The van der Waals surface area contributed by atoms with Crippen LogP contribution in [0.5, 0.6) is 0 Å². The molecule has 0 bridgehead atoms. The lowest BCUT2D eigenvalue weighted by Crippen LogP contribution is -2.30. The number of anilines is 3. The van der Waals surface area contributed by atoms with Crippen LogP contribution >= 0.6 is 0 Å². The second-order valence-corrected chi connectivity index (χ2v) is 12.1. The van der Waals surface area contributed by atoms with E-state index in [0.29, 0.717) is 0 Å². The number of para-hydroxylation sites is 4. The summed E-state index contributed by atoms with van der Waals surface area (Å²) in [7, 11) is 0. The van der Waals surface area contributed by atoms with Crippen LogP contribution in [0.2, 0.25) is 0 Å². The van der Waals surface area contributed by atoms with Gasteiger partial charge in [0.2, 0.25) is 0 Å². The molecule has 0 saturated heterocycles. The minimum absolute atomic E-state index is 0.0787. The largest absolute Gasteiger partial charge is 0.308 e. The van der Waals surface area contributed by atoms with Crippen LogP contribution in [0.25, 0.3) is 27.5 Å². The van der Waals surface area contributed by atoms with Gasteiger partial charge in [0.25, 0.3) is 0 Å². The van der Waals surface area contributed by atoms with Crippen molar-refractivity contribution in [1.29, 1.82) is 0 Å². The van der Waals surface area contributed by atoms with Gasteiger partial charge in [-0.05, 0) is 72.5 Å². The van der Waals surface area contributed by atoms with E-state index in [9.17, 15) is 0 Å². The molecule has 0 atom stereocenters. The molecule has 0 unspecified atom stereocenters. The molecule has 1 fully saturated rings. The van der Waals surface area contributed by atoms with Crippen molar-refractivity contribution in [1.82, 2.24) is 4.57 Å². The number of rotatable bonds is 6. The van der Waals surface area contributed by atoms with Gasteiger partial charge in [-0.3, -0.25) is 0 Å². The highest BCUT2D eigenvalue weighted by atomic mass is 15.2. The number of aromatic nitrogens is 1. The summed E-state index contributed by atoms with van der Waals surface area (Å²) in [6.07, 6.45) is 6.29. The molecule has 8 rings (SSSR count). The molecule has 6 aromatic carbocycles. The first kappa shape index (κ1) is 26.5. The lowest BCUT2D eigenvalue weighted by molar-refractivity contribution is 0.346. The van der Waals surface area contributed by atoms with Gasteiger partial charge in [0.15, 0.2) is 0 Å². The van der Waals surface area contributed by atoms with Crippen LogP contribution in [-0.4, -0.2) is 4.57 Å². The molecule has 0 aliphatic heterocycles. The summed E-state index contributed by atoms with van der Waals surface area (Å²) in [6.45, 7) is 0. The summed E-state index contributed by atoms with van der Waals surface area (Å²) >= 11 is 0. The lowest BCUT2D eigenvalue weighted by atomic mass is 9.65. The Labute approximate surface area is 259 Å². The molecule has 0 spiro atoms. The molecule has 1 aromatic heterocycles. The molecular formula is C42H36N2. The Kier molecular flexibility index (Phi) is 6.76. The average Bonchev–Trinajstić information content (AvgIpc) is 3.45. The predicted molar refractivity (Wildman–Crippen MR) is 186 cm³/mol. The molecule has 0 amide bonds. The molecule has 2 nitrogen and oxygen atoms in total. The van der Waals surface area contributed by atoms with E-state index in [2.05, 4.69) is 167 Å². The normalized spacial score (nSPS) is 14.5. The summed E-state index contributed by atoms with van der Waals surface area (Å²) < 4.78 is 2.43. The van der Waals surface area contributed by atoms with E-state index in [-0.39, 0.29) is 5.41 Å². The third-order valence-corrected chi connectivity index (χ3v) is 9.65.